The molecule has 0 spiro atoms. The van der Waals surface area contributed by atoms with Crippen LogP contribution in [0.25, 0.3) is 16.7 Å². The molecule has 0 bridgehead atoms. The lowest BCUT2D eigenvalue weighted by Gasteiger charge is -2.36. The summed E-state index contributed by atoms with van der Waals surface area (Å²) in [7, 11) is -4.19. The maximum Gasteiger partial charge on any atom is 0.343 e. The van der Waals surface area contributed by atoms with E-state index in [1.54, 1.807) is 41.0 Å². The Morgan fingerprint density at radius 2 is 1.38 bits per heavy atom. The van der Waals surface area contributed by atoms with Crippen LogP contribution in [0.1, 0.15) is 71.3 Å². The molecule has 1 aromatic heterocycles. The van der Waals surface area contributed by atoms with E-state index in [2.05, 4.69) is 39.0 Å². The molecular formula is C38H51F3I2N2O8Si2. The minimum absolute atomic E-state index is 0.0516. The molecular weight excluding hydrogens is 979 g/mol. The van der Waals surface area contributed by atoms with Gasteiger partial charge in [-0.3, -0.25) is 4.79 Å². The highest BCUT2D eigenvalue weighted by Crippen LogP contribution is 2.37. The number of carbonyl (C=O) groups excluding carboxylic acids is 2. The molecule has 0 saturated heterocycles. The molecule has 0 aliphatic rings. The van der Waals surface area contributed by atoms with Crippen molar-refractivity contribution in [1.29, 1.82) is 0 Å². The van der Waals surface area contributed by atoms with Crippen LogP contribution < -0.4 is 5.43 Å². The van der Waals surface area contributed by atoms with Crippen molar-refractivity contribution in [2.24, 2.45) is 5.16 Å². The Morgan fingerprint density at radius 3 is 1.93 bits per heavy atom. The smallest absolute Gasteiger partial charge is 0.343 e. The highest BCUT2D eigenvalue weighted by atomic mass is 127. The van der Waals surface area contributed by atoms with Crippen LogP contribution in [0.15, 0.2) is 46.0 Å². The molecule has 3 rings (SSSR count). The normalized spacial score (nSPS) is 13.0. The number of pyridine rings is 1. The number of esters is 2. The summed E-state index contributed by atoms with van der Waals surface area (Å²) in [6.45, 7) is 25.1. The van der Waals surface area contributed by atoms with Crippen molar-refractivity contribution in [3.63, 3.8) is 0 Å². The zero-order chi connectivity index (χ0) is 42.3. The van der Waals surface area contributed by atoms with Crippen molar-refractivity contribution in [3.8, 4) is 0 Å². The molecule has 17 heteroatoms. The van der Waals surface area contributed by atoms with E-state index in [0.29, 0.717) is 33.7 Å². The lowest BCUT2D eigenvalue weighted by atomic mass is 10.1. The Bertz CT molecular complexity index is 2010. The van der Waals surface area contributed by atoms with Crippen molar-refractivity contribution in [3.05, 3.63) is 82.0 Å². The zero-order valence-electron chi connectivity index (χ0n) is 33.4. The Labute approximate surface area is 350 Å². The molecule has 0 saturated carbocycles. The summed E-state index contributed by atoms with van der Waals surface area (Å²) in [4.78, 5) is 37.2. The van der Waals surface area contributed by atoms with E-state index < -0.39 is 57.2 Å². The summed E-state index contributed by atoms with van der Waals surface area (Å²) in [5.74, 6) is -4.45. The van der Waals surface area contributed by atoms with E-state index >= 15 is 0 Å². The standard InChI is InChI=1S/C20H27FINO4Si.C18H24F2INO4Si/c1-7-26-19(25)14-12-23(8-9-27-28(5,6)20(2,3)4)17-11-15(21)16(22)10-13(17)18(14)24;1-7-25-17(24)12(10-22-26-27(5,6)18(2,3)4)16(23)11-8-15(21)14(20)9-13(11)19/h10-12H,7-9H2,1-6H3;8-10,23H,7H2,1-6H3. The van der Waals surface area contributed by atoms with E-state index in [0.717, 1.165) is 12.3 Å². The topological polar surface area (TPSA) is 126 Å². The SMILES string of the molecule is CCOC(=O)C(C=NO[Si](C)(C)C(C)(C)C)=C(O)c1cc(I)c(F)cc1F.CCOC(=O)c1cn(CCO[Si](C)(C)C(C)(C)C)c2cc(F)c(I)cc2c1=O. The second kappa shape index (κ2) is 19.6. The molecule has 0 fully saturated rings. The number of oxime groups is 1. The molecule has 0 aliphatic carbocycles. The van der Waals surface area contributed by atoms with E-state index in [-0.39, 0.29) is 43.6 Å². The molecule has 10 nitrogen and oxygen atoms in total. The Morgan fingerprint density at radius 1 is 0.836 bits per heavy atom. The molecule has 0 unspecified atom stereocenters. The molecule has 0 aliphatic heterocycles. The molecule has 1 heterocycles. The number of aliphatic hydroxyl groups excluding tert-OH is 1. The molecule has 0 radical (unpaired) electrons. The minimum atomic E-state index is -2.25. The highest BCUT2D eigenvalue weighted by Gasteiger charge is 2.40. The first-order valence-electron chi connectivity index (χ1n) is 17.5. The van der Waals surface area contributed by atoms with Gasteiger partial charge < -0.3 is 28.1 Å². The summed E-state index contributed by atoms with van der Waals surface area (Å²) >= 11 is 3.50. The summed E-state index contributed by atoms with van der Waals surface area (Å²) in [6.07, 6.45) is 2.45. The highest BCUT2D eigenvalue weighted by molar-refractivity contribution is 14.1. The fourth-order valence-corrected chi connectivity index (χ4v) is 6.71. The second-order valence-corrected chi connectivity index (χ2v) is 27.3. The van der Waals surface area contributed by atoms with Gasteiger partial charge in [0.2, 0.25) is 5.43 Å². The number of benzene rings is 2. The van der Waals surface area contributed by atoms with Crippen LogP contribution in [0.3, 0.4) is 0 Å². The average molecular weight is 1030 g/mol. The summed E-state index contributed by atoms with van der Waals surface area (Å²) in [5, 5.41) is 14.5. The van der Waals surface area contributed by atoms with Crippen molar-refractivity contribution < 1.29 is 46.3 Å². The van der Waals surface area contributed by atoms with Crippen molar-refractivity contribution >= 4 is 96.6 Å². The summed E-state index contributed by atoms with van der Waals surface area (Å²) in [6, 6.07) is 4.54. The maximum atomic E-state index is 14.2. The fraction of sp³-hybridized carbons (Fsp3) is 0.474. The quantitative estimate of drug-likeness (QED) is 0.0278. The van der Waals surface area contributed by atoms with Gasteiger partial charge in [-0.15, -0.1) is 5.16 Å². The third-order valence-corrected chi connectivity index (χ3v) is 19.9. The van der Waals surface area contributed by atoms with Gasteiger partial charge in [-0.1, -0.05) is 41.5 Å². The molecule has 304 valence electrons. The molecule has 1 N–H and O–H groups in total. The predicted octanol–water partition coefficient (Wildman–Crippen LogP) is 10.4. The number of hydrogen-bond donors (Lipinski definition) is 1. The first-order valence-corrected chi connectivity index (χ1v) is 25.5. The number of fused-ring (bicyclic) bond motifs is 1. The van der Waals surface area contributed by atoms with E-state index in [1.807, 2.05) is 56.5 Å². The predicted molar refractivity (Wildman–Crippen MR) is 232 cm³/mol. The van der Waals surface area contributed by atoms with Crippen LogP contribution in [0.5, 0.6) is 0 Å². The number of rotatable bonds is 12. The van der Waals surface area contributed by atoms with Gasteiger partial charge in [0.05, 0.1) is 37.1 Å². The number of aromatic nitrogens is 1. The van der Waals surface area contributed by atoms with E-state index in [1.165, 1.54) is 18.3 Å². The third-order valence-electron chi connectivity index (χ3n) is 9.50. The van der Waals surface area contributed by atoms with Crippen LogP contribution in [0.2, 0.25) is 36.3 Å². The number of carbonyl (C=O) groups is 2. The third kappa shape index (κ3) is 12.6. The number of hydrogen-bond acceptors (Lipinski definition) is 9. The van der Waals surface area contributed by atoms with E-state index in [4.69, 9.17) is 18.4 Å². The Balaban J connectivity index is 0.000000380. The van der Waals surface area contributed by atoms with Crippen molar-refractivity contribution in [1.82, 2.24) is 4.57 Å². The van der Waals surface area contributed by atoms with Crippen molar-refractivity contribution in [2.75, 3.05) is 19.8 Å². The zero-order valence-corrected chi connectivity index (χ0v) is 39.7. The second-order valence-electron chi connectivity index (χ2n) is 15.5. The summed E-state index contributed by atoms with van der Waals surface area (Å²) < 4.78 is 65.6. The lowest BCUT2D eigenvalue weighted by Crippen LogP contribution is -2.41. The molecule has 0 amide bonds. The number of aliphatic hydroxyl groups is 1. The first-order chi connectivity index (χ1) is 25.2. The number of halogens is 5. The monoisotopic (exact) mass is 1030 g/mol. The van der Waals surface area contributed by atoms with Gasteiger partial charge in [-0.2, -0.15) is 0 Å². The van der Waals surface area contributed by atoms with Crippen LogP contribution in [0.4, 0.5) is 13.2 Å². The Kier molecular flexibility index (Phi) is 17.2. The molecule has 0 atom stereocenters. The van der Waals surface area contributed by atoms with Gasteiger partial charge in [0.15, 0.2) is 8.32 Å². The number of nitrogens with zero attached hydrogens (tertiary/aromatic N) is 2. The molecule has 55 heavy (non-hydrogen) atoms. The Hall–Kier alpha value is -2.76. The van der Waals surface area contributed by atoms with Crippen molar-refractivity contribution in [2.45, 2.75) is 98.2 Å². The largest absolute Gasteiger partial charge is 0.506 e. The van der Waals surface area contributed by atoms with Crippen LogP contribution in [-0.2, 0) is 29.8 Å². The maximum absolute atomic E-state index is 14.2. The van der Waals surface area contributed by atoms with E-state index in [9.17, 15) is 32.7 Å². The number of ether oxygens (including phenoxy) is 2. The van der Waals surface area contributed by atoms with Gasteiger partial charge in [-0.25, -0.2) is 22.8 Å². The van der Waals surface area contributed by atoms with Crippen LogP contribution in [-0.4, -0.2) is 64.3 Å². The fourth-order valence-electron chi connectivity index (χ4n) is 4.16. The summed E-state index contributed by atoms with van der Waals surface area (Å²) in [5.41, 5.74) is -0.772. The van der Waals surface area contributed by atoms with Crippen LogP contribution in [0, 0.1) is 24.6 Å². The van der Waals surface area contributed by atoms with Gasteiger partial charge in [0.1, 0.15) is 34.3 Å². The van der Waals surface area contributed by atoms with Crippen LogP contribution >= 0.6 is 45.2 Å². The molecule has 2 aromatic carbocycles. The lowest BCUT2D eigenvalue weighted by molar-refractivity contribution is -0.137. The minimum Gasteiger partial charge on any atom is -0.506 e. The van der Waals surface area contributed by atoms with Gasteiger partial charge in [0.25, 0.3) is 8.32 Å². The molecule has 3 aromatic rings. The first kappa shape index (κ1) is 48.4. The van der Waals surface area contributed by atoms with Gasteiger partial charge in [0, 0.05) is 31.3 Å². The van der Waals surface area contributed by atoms with Gasteiger partial charge >= 0.3 is 11.9 Å². The average Bonchev–Trinajstić information content (AvgIpc) is 3.05. The van der Waals surface area contributed by atoms with Gasteiger partial charge in [-0.05, 0) is 113 Å².